The highest BCUT2D eigenvalue weighted by Crippen LogP contribution is 2.23. The molecule has 1 aliphatic carbocycles. The topological polar surface area (TPSA) is 26.3 Å². The predicted molar refractivity (Wildman–Crippen MR) is 91.7 cm³/mol. The maximum Gasteiger partial charge on any atom is 0.211 e. The van der Waals surface area contributed by atoms with Gasteiger partial charge in [-0.1, -0.05) is 19.8 Å². The first-order valence-electron chi connectivity index (χ1n) is 8.22. The van der Waals surface area contributed by atoms with Crippen LogP contribution in [0.1, 0.15) is 62.2 Å². The van der Waals surface area contributed by atoms with Crippen LogP contribution in [-0.4, -0.2) is 23.4 Å². The van der Waals surface area contributed by atoms with Crippen LogP contribution in [0.5, 0.6) is 5.75 Å². The van der Waals surface area contributed by atoms with Gasteiger partial charge in [0.15, 0.2) is 5.75 Å². The third-order valence-electron chi connectivity index (χ3n) is 3.96. The lowest BCUT2D eigenvalue weighted by atomic mass is 9.98. The molecule has 1 saturated carbocycles. The molecule has 0 N–H and O–H groups in total. The lowest BCUT2D eigenvalue weighted by Gasteiger charge is -2.22. The van der Waals surface area contributed by atoms with Crippen LogP contribution in [0.3, 0.4) is 0 Å². The Labute approximate surface area is 132 Å². The molecule has 3 heteroatoms. The van der Waals surface area contributed by atoms with E-state index in [-0.39, 0.29) is 5.78 Å². The Morgan fingerprint density at radius 3 is 2.57 bits per heavy atom. The van der Waals surface area contributed by atoms with Crippen molar-refractivity contribution in [2.75, 3.05) is 11.5 Å². The number of rotatable bonds is 8. The number of carbonyl (C=O) groups excluding carboxylic acids is 1. The number of unbranched alkanes of at least 4 members (excludes halogenated alkanes) is 1. The van der Waals surface area contributed by atoms with Crippen molar-refractivity contribution in [3.63, 3.8) is 0 Å². The van der Waals surface area contributed by atoms with E-state index in [1.54, 1.807) is 0 Å². The molecule has 2 rings (SSSR count). The molecule has 0 radical (unpaired) electrons. The Morgan fingerprint density at radius 2 is 1.90 bits per heavy atom. The van der Waals surface area contributed by atoms with E-state index in [1.165, 1.54) is 43.9 Å². The molecule has 0 unspecified atom stereocenters. The summed E-state index contributed by atoms with van der Waals surface area (Å²) in [6.07, 6.45) is 9.00. The summed E-state index contributed by atoms with van der Waals surface area (Å²) < 4.78 is 5.99. The maximum absolute atomic E-state index is 12.1. The van der Waals surface area contributed by atoms with Gasteiger partial charge in [-0.3, -0.25) is 4.79 Å². The van der Waals surface area contributed by atoms with E-state index in [4.69, 9.17) is 4.74 Å². The Bertz CT molecular complexity index is 421. The van der Waals surface area contributed by atoms with E-state index in [1.807, 2.05) is 24.3 Å². The van der Waals surface area contributed by atoms with Crippen molar-refractivity contribution in [3.05, 3.63) is 29.8 Å². The molecule has 0 saturated heterocycles. The second kappa shape index (κ2) is 9.14. The summed E-state index contributed by atoms with van der Waals surface area (Å²) in [5.41, 5.74) is 0.815. The summed E-state index contributed by atoms with van der Waals surface area (Å²) in [7, 11) is 0. The summed E-state index contributed by atoms with van der Waals surface area (Å²) in [5.74, 6) is 2.92. The van der Waals surface area contributed by atoms with Crippen LogP contribution in [-0.2, 0) is 11.8 Å². The predicted octanol–water partition coefficient (Wildman–Crippen LogP) is 4.20. The van der Waals surface area contributed by atoms with E-state index in [0.29, 0.717) is 11.9 Å². The highest BCUT2D eigenvalue weighted by molar-refractivity contribution is 7.79. The van der Waals surface area contributed by atoms with Crippen LogP contribution in [0.15, 0.2) is 24.3 Å². The number of hydrogen-bond acceptors (Lipinski definition) is 2. The van der Waals surface area contributed by atoms with Crippen LogP contribution in [0, 0.1) is 0 Å². The van der Waals surface area contributed by atoms with Crippen LogP contribution < -0.4 is 4.74 Å². The Morgan fingerprint density at radius 1 is 1.19 bits per heavy atom. The summed E-state index contributed by atoms with van der Waals surface area (Å²) >= 11 is 1.25. The molecular weight excluding hydrogens is 280 g/mol. The van der Waals surface area contributed by atoms with Crippen molar-refractivity contribution >= 4 is 17.5 Å². The lowest BCUT2D eigenvalue weighted by Crippen LogP contribution is -2.19. The summed E-state index contributed by atoms with van der Waals surface area (Å²) in [4.78, 5) is 12.1. The molecule has 1 fully saturated rings. The first-order chi connectivity index (χ1) is 10.3. The van der Waals surface area contributed by atoms with Crippen molar-refractivity contribution in [1.82, 2.24) is 0 Å². The molecule has 0 amide bonds. The van der Waals surface area contributed by atoms with Crippen molar-refractivity contribution in [3.8, 4) is 5.75 Å². The molecular formula is C18H27O2S+. The molecule has 0 aromatic heterocycles. The molecule has 0 spiro atoms. The number of Topliss-reactive ketones (excluding diaryl/α,β-unsaturated/α-hetero) is 1. The first-order valence-corrected chi connectivity index (χ1v) is 9.49. The molecule has 0 heterocycles. The molecule has 1 aliphatic rings. The monoisotopic (exact) mass is 307 g/mol. The number of ether oxygens (including phenoxy) is 1. The van der Waals surface area contributed by atoms with Gasteiger partial charge in [0.1, 0.15) is 11.5 Å². The lowest BCUT2D eigenvalue weighted by molar-refractivity contribution is 0.102. The molecule has 0 aliphatic heterocycles. The van der Waals surface area contributed by atoms with Crippen molar-refractivity contribution < 1.29 is 9.53 Å². The van der Waals surface area contributed by atoms with E-state index in [2.05, 4.69) is 6.92 Å². The molecule has 2 nitrogen and oxygen atoms in total. The number of carbonyl (C=O) groups is 1. The van der Waals surface area contributed by atoms with Gasteiger partial charge >= 0.3 is 0 Å². The molecule has 1 aromatic rings. The van der Waals surface area contributed by atoms with Crippen molar-refractivity contribution in [2.45, 2.75) is 58.0 Å². The van der Waals surface area contributed by atoms with Crippen LogP contribution in [0.4, 0.5) is 0 Å². The maximum atomic E-state index is 12.1. The van der Waals surface area contributed by atoms with Gasteiger partial charge in [0, 0.05) is 5.56 Å². The summed E-state index contributed by atoms with van der Waals surface area (Å²) in [6, 6.07) is 7.72. The zero-order valence-electron chi connectivity index (χ0n) is 13.0. The van der Waals surface area contributed by atoms with Gasteiger partial charge in [-0.25, -0.2) is 0 Å². The van der Waals surface area contributed by atoms with E-state index in [9.17, 15) is 4.79 Å². The molecule has 1 aromatic carbocycles. The highest BCUT2D eigenvalue weighted by atomic mass is 32.2. The fourth-order valence-electron chi connectivity index (χ4n) is 2.64. The van der Waals surface area contributed by atoms with E-state index < -0.39 is 0 Å². The second-order valence-corrected chi connectivity index (χ2v) is 6.99. The number of benzene rings is 1. The summed E-state index contributed by atoms with van der Waals surface area (Å²) in [6.45, 7) is 2.18. The van der Waals surface area contributed by atoms with Crippen LogP contribution in [0.2, 0.25) is 0 Å². The second-order valence-electron chi connectivity index (χ2n) is 5.78. The number of hydrogen-bond donors (Lipinski definition) is 0. The first kappa shape index (κ1) is 16.4. The largest absolute Gasteiger partial charge is 0.490 e. The molecule has 0 atom stereocenters. The molecule has 21 heavy (non-hydrogen) atoms. The minimum atomic E-state index is 0.247. The minimum Gasteiger partial charge on any atom is -0.490 e. The summed E-state index contributed by atoms with van der Waals surface area (Å²) in [5, 5.41) is 0. The zero-order valence-corrected chi connectivity index (χ0v) is 13.9. The third-order valence-corrected chi connectivity index (χ3v) is 5.10. The van der Waals surface area contributed by atoms with Gasteiger partial charge in [0.05, 0.1) is 6.10 Å². The van der Waals surface area contributed by atoms with Gasteiger partial charge in [-0.05, 0) is 68.1 Å². The van der Waals surface area contributed by atoms with Crippen LogP contribution >= 0.6 is 0 Å². The SMILES string of the molecule is CCCC[SH+]CC(=O)c1ccc(OC2CCCCC2)cc1. The standard InChI is InChI=1S/C18H26O2S/c1-2-3-13-21-14-18(19)15-9-11-17(12-10-15)20-16-7-5-4-6-8-16/h9-12,16H,2-8,13-14H2,1H3/p+1. The van der Waals surface area contributed by atoms with Gasteiger partial charge in [0.25, 0.3) is 0 Å². The Kier molecular flexibility index (Phi) is 7.14. The number of thiol groups is 1. The quantitative estimate of drug-likeness (QED) is 0.311. The zero-order chi connectivity index (χ0) is 14.9. The Hall–Kier alpha value is -0.960. The highest BCUT2D eigenvalue weighted by Gasteiger charge is 2.15. The molecule has 116 valence electrons. The van der Waals surface area contributed by atoms with Gasteiger partial charge in [0.2, 0.25) is 5.78 Å². The van der Waals surface area contributed by atoms with Crippen molar-refractivity contribution in [1.29, 1.82) is 0 Å². The van der Waals surface area contributed by atoms with Gasteiger partial charge in [-0.15, -0.1) is 0 Å². The minimum absolute atomic E-state index is 0.247. The van der Waals surface area contributed by atoms with E-state index >= 15 is 0 Å². The Balaban J connectivity index is 1.79. The normalized spacial score (nSPS) is 15.9. The number of ketones is 1. The smallest absolute Gasteiger partial charge is 0.211 e. The van der Waals surface area contributed by atoms with Crippen LogP contribution in [0.25, 0.3) is 0 Å². The average Bonchev–Trinajstić information content (AvgIpc) is 2.53. The van der Waals surface area contributed by atoms with Gasteiger partial charge in [-0.2, -0.15) is 0 Å². The fourth-order valence-corrected chi connectivity index (χ4v) is 3.72. The third kappa shape index (κ3) is 5.74. The van der Waals surface area contributed by atoms with Gasteiger partial charge < -0.3 is 4.74 Å². The average molecular weight is 307 g/mol. The van der Waals surface area contributed by atoms with E-state index in [0.717, 1.165) is 29.9 Å². The molecule has 0 bridgehead atoms. The van der Waals surface area contributed by atoms with Crippen molar-refractivity contribution in [2.24, 2.45) is 0 Å². The fraction of sp³-hybridized carbons (Fsp3) is 0.611.